The molecule has 0 N–H and O–H groups in total. The average Bonchev–Trinajstić information content (AvgIpc) is 2.17. The number of rotatable bonds is 1. The lowest BCUT2D eigenvalue weighted by Crippen LogP contribution is -2.47. The highest BCUT2D eigenvalue weighted by atomic mass is 35.5. The second kappa shape index (κ2) is 4.63. The van der Waals surface area contributed by atoms with Gasteiger partial charge in [0, 0.05) is 5.38 Å². The molecule has 0 aromatic heterocycles. The van der Waals surface area contributed by atoms with E-state index in [2.05, 4.69) is 13.8 Å². The fourth-order valence-corrected chi connectivity index (χ4v) is 3.54. The molecule has 88 valence electrons. The normalized spacial score (nSPS) is 36.0. The number of halogens is 1. The first-order valence-electron chi connectivity index (χ1n) is 6.43. The Bertz CT molecular complexity index is 209. The summed E-state index contributed by atoms with van der Waals surface area (Å²) in [6, 6.07) is 0. The van der Waals surface area contributed by atoms with E-state index in [-0.39, 0.29) is 5.60 Å². The highest BCUT2D eigenvalue weighted by molar-refractivity contribution is 6.20. The van der Waals surface area contributed by atoms with Crippen LogP contribution >= 0.6 is 11.6 Å². The van der Waals surface area contributed by atoms with Crippen LogP contribution in [0, 0.1) is 5.92 Å². The van der Waals surface area contributed by atoms with Gasteiger partial charge in [0.05, 0.1) is 11.7 Å². The largest absolute Gasteiger partial charge is 0.371 e. The summed E-state index contributed by atoms with van der Waals surface area (Å²) in [6.07, 6.45) is 9.02. The zero-order valence-corrected chi connectivity index (χ0v) is 10.7. The quantitative estimate of drug-likeness (QED) is 0.616. The zero-order valence-electron chi connectivity index (χ0n) is 9.97. The molecule has 2 aliphatic rings. The molecule has 15 heavy (non-hydrogen) atoms. The second-order valence-corrected chi connectivity index (χ2v) is 6.30. The van der Waals surface area contributed by atoms with E-state index in [1.165, 1.54) is 32.1 Å². The monoisotopic (exact) mass is 230 g/mol. The minimum Gasteiger partial charge on any atom is -0.371 e. The number of alkyl halides is 1. The van der Waals surface area contributed by atoms with Crippen molar-refractivity contribution in [2.24, 2.45) is 5.92 Å². The van der Waals surface area contributed by atoms with Crippen LogP contribution in [0.3, 0.4) is 0 Å². The maximum atomic E-state index is 6.40. The molecule has 2 rings (SSSR count). The van der Waals surface area contributed by atoms with Gasteiger partial charge in [-0.25, -0.2) is 0 Å². The molecule has 1 heterocycles. The average molecular weight is 231 g/mol. The Morgan fingerprint density at radius 2 is 1.87 bits per heavy atom. The van der Waals surface area contributed by atoms with Gasteiger partial charge in [-0.15, -0.1) is 11.6 Å². The van der Waals surface area contributed by atoms with Gasteiger partial charge in [-0.3, -0.25) is 0 Å². The molecule has 1 aliphatic carbocycles. The first kappa shape index (κ1) is 11.7. The van der Waals surface area contributed by atoms with Crippen molar-refractivity contribution in [3.63, 3.8) is 0 Å². The molecule has 1 saturated heterocycles. The van der Waals surface area contributed by atoms with Crippen molar-refractivity contribution < 1.29 is 4.74 Å². The van der Waals surface area contributed by atoms with E-state index in [0.717, 1.165) is 12.8 Å². The van der Waals surface area contributed by atoms with Crippen molar-refractivity contribution in [1.82, 2.24) is 0 Å². The molecule has 2 heteroatoms. The van der Waals surface area contributed by atoms with Gasteiger partial charge in [-0.2, -0.15) is 0 Å². The lowest BCUT2D eigenvalue weighted by molar-refractivity contribution is -0.157. The van der Waals surface area contributed by atoms with Gasteiger partial charge in [-0.05, 0) is 31.6 Å². The van der Waals surface area contributed by atoms with Crippen LogP contribution in [0.25, 0.3) is 0 Å². The SMILES string of the molecule is CC(C)[C@H]1C[C@@H](Cl)CC2(CCCCC2)O1. The smallest absolute Gasteiger partial charge is 0.0700 e. The van der Waals surface area contributed by atoms with Gasteiger partial charge < -0.3 is 4.74 Å². The molecule has 1 saturated carbocycles. The lowest BCUT2D eigenvalue weighted by atomic mass is 9.78. The van der Waals surface area contributed by atoms with Gasteiger partial charge in [0.15, 0.2) is 0 Å². The van der Waals surface area contributed by atoms with Crippen LogP contribution in [0.1, 0.15) is 58.8 Å². The molecule has 0 aromatic carbocycles. The molecule has 0 amide bonds. The Labute approximate surface area is 98.5 Å². The summed E-state index contributed by atoms with van der Waals surface area (Å²) in [7, 11) is 0. The Morgan fingerprint density at radius 3 is 2.47 bits per heavy atom. The van der Waals surface area contributed by atoms with E-state index < -0.39 is 0 Å². The van der Waals surface area contributed by atoms with Crippen LogP contribution in [0.15, 0.2) is 0 Å². The Balaban J connectivity index is 2.04. The Kier molecular flexibility index (Phi) is 3.62. The van der Waals surface area contributed by atoms with E-state index in [4.69, 9.17) is 16.3 Å². The van der Waals surface area contributed by atoms with Crippen LogP contribution in [-0.4, -0.2) is 17.1 Å². The van der Waals surface area contributed by atoms with Crippen molar-refractivity contribution in [2.75, 3.05) is 0 Å². The number of hydrogen-bond acceptors (Lipinski definition) is 1. The minimum absolute atomic E-state index is 0.151. The molecule has 1 spiro atoms. The molecule has 2 fully saturated rings. The second-order valence-electron chi connectivity index (χ2n) is 5.68. The predicted molar refractivity (Wildman–Crippen MR) is 64.4 cm³/mol. The molecular weight excluding hydrogens is 208 g/mol. The highest BCUT2D eigenvalue weighted by Gasteiger charge is 2.42. The molecule has 0 unspecified atom stereocenters. The van der Waals surface area contributed by atoms with Gasteiger partial charge in [0.25, 0.3) is 0 Å². The first-order chi connectivity index (χ1) is 7.11. The van der Waals surface area contributed by atoms with Gasteiger partial charge in [0.1, 0.15) is 0 Å². The van der Waals surface area contributed by atoms with Crippen molar-refractivity contribution >= 4 is 11.6 Å². The number of ether oxygens (including phenoxy) is 1. The van der Waals surface area contributed by atoms with Crippen molar-refractivity contribution in [1.29, 1.82) is 0 Å². The van der Waals surface area contributed by atoms with Gasteiger partial charge in [-0.1, -0.05) is 33.1 Å². The molecule has 1 aliphatic heterocycles. The van der Waals surface area contributed by atoms with Crippen LogP contribution in [0.5, 0.6) is 0 Å². The van der Waals surface area contributed by atoms with Crippen LogP contribution in [-0.2, 0) is 4.74 Å². The van der Waals surface area contributed by atoms with E-state index in [1.54, 1.807) is 0 Å². The van der Waals surface area contributed by atoms with Crippen LogP contribution in [0.4, 0.5) is 0 Å². The van der Waals surface area contributed by atoms with Crippen LogP contribution < -0.4 is 0 Å². The summed E-state index contributed by atoms with van der Waals surface area (Å²) in [5.41, 5.74) is 0.151. The zero-order chi connectivity index (χ0) is 10.9. The van der Waals surface area contributed by atoms with Crippen LogP contribution in [0.2, 0.25) is 0 Å². The van der Waals surface area contributed by atoms with E-state index in [1.807, 2.05) is 0 Å². The van der Waals surface area contributed by atoms with E-state index in [0.29, 0.717) is 17.4 Å². The summed E-state index contributed by atoms with van der Waals surface area (Å²) in [5.74, 6) is 0.602. The lowest BCUT2D eigenvalue weighted by Gasteiger charge is -2.46. The van der Waals surface area contributed by atoms with Crippen molar-refractivity contribution in [3.05, 3.63) is 0 Å². The fourth-order valence-electron chi connectivity index (χ4n) is 3.08. The van der Waals surface area contributed by atoms with Gasteiger partial charge in [0.2, 0.25) is 0 Å². The molecule has 0 aromatic rings. The molecule has 0 radical (unpaired) electrons. The fraction of sp³-hybridized carbons (Fsp3) is 1.00. The summed E-state index contributed by atoms with van der Waals surface area (Å²) >= 11 is 6.40. The summed E-state index contributed by atoms with van der Waals surface area (Å²) in [6.45, 7) is 4.49. The van der Waals surface area contributed by atoms with Crippen molar-refractivity contribution in [3.8, 4) is 0 Å². The maximum Gasteiger partial charge on any atom is 0.0700 e. The Morgan fingerprint density at radius 1 is 1.20 bits per heavy atom. The standard InChI is InChI=1S/C13H23ClO/c1-10(2)12-8-11(14)9-13(15-12)6-4-3-5-7-13/h10-12H,3-9H2,1-2H3/t11-,12-/m1/s1. The molecule has 2 atom stereocenters. The van der Waals surface area contributed by atoms with Gasteiger partial charge >= 0.3 is 0 Å². The predicted octanol–water partition coefficient (Wildman–Crippen LogP) is 4.13. The summed E-state index contributed by atoms with van der Waals surface area (Å²) in [4.78, 5) is 0. The van der Waals surface area contributed by atoms with Crippen molar-refractivity contribution in [2.45, 2.75) is 75.9 Å². The summed E-state index contributed by atoms with van der Waals surface area (Å²) < 4.78 is 6.36. The third-order valence-electron chi connectivity index (χ3n) is 3.99. The van der Waals surface area contributed by atoms with E-state index >= 15 is 0 Å². The highest BCUT2D eigenvalue weighted by Crippen LogP contribution is 2.43. The summed E-state index contributed by atoms with van der Waals surface area (Å²) in [5, 5.41) is 0.337. The minimum atomic E-state index is 0.151. The topological polar surface area (TPSA) is 9.23 Å². The third kappa shape index (κ3) is 2.68. The third-order valence-corrected chi connectivity index (χ3v) is 4.32. The molecule has 1 nitrogen and oxygen atoms in total. The number of hydrogen-bond donors (Lipinski definition) is 0. The molecular formula is C13H23ClO. The van der Waals surface area contributed by atoms with E-state index in [9.17, 15) is 0 Å². The molecule has 0 bridgehead atoms. The Hall–Kier alpha value is 0.250. The maximum absolute atomic E-state index is 6.40. The first-order valence-corrected chi connectivity index (χ1v) is 6.87.